The van der Waals surface area contributed by atoms with Gasteiger partial charge < -0.3 is 15.4 Å². The SMILES string of the molecule is CCCOc1cc(N(CC)CC(CC)CC)c(N)cc1F. The maximum absolute atomic E-state index is 13.9. The number of rotatable bonds is 9. The Kier molecular flexibility index (Phi) is 7.34. The average Bonchev–Trinajstić information content (AvgIpc) is 2.48. The molecule has 2 N–H and O–H groups in total. The number of hydrogen-bond donors (Lipinski definition) is 1. The third-order valence-electron chi connectivity index (χ3n) is 3.90. The van der Waals surface area contributed by atoms with Crippen LogP contribution in [0.1, 0.15) is 47.0 Å². The number of nitrogens with two attached hydrogens (primary N) is 1. The molecule has 0 unspecified atom stereocenters. The first-order chi connectivity index (χ1) is 10.1. The Hall–Kier alpha value is -1.45. The van der Waals surface area contributed by atoms with Crippen LogP contribution in [0, 0.1) is 11.7 Å². The minimum absolute atomic E-state index is 0.295. The molecule has 0 saturated carbocycles. The summed E-state index contributed by atoms with van der Waals surface area (Å²) in [7, 11) is 0. The first-order valence-electron chi connectivity index (χ1n) is 8.03. The molecule has 0 amide bonds. The lowest BCUT2D eigenvalue weighted by atomic mass is 10.0. The lowest BCUT2D eigenvalue weighted by Gasteiger charge is -2.29. The number of benzene rings is 1. The van der Waals surface area contributed by atoms with Crippen molar-refractivity contribution >= 4 is 11.4 Å². The zero-order valence-electron chi connectivity index (χ0n) is 13.8. The van der Waals surface area contributed by atoms with Crippen molar-refractivity contribution in [1.82, 2.24) is 0 Å². The Morgan fingerprint density at radius 1 is 1.19 bits per heavy atom. The smallest absolute Gasteiger partial charge is 0.167 e. The summed E-state index contributed by atoms with van der Waals surface area (Å²) in [5.74, 6) is 0.529. The third kappa shape index (κ3) is 4.80. The Labute approximate surface area is 128 Å². The minimum Gasteiger partial charge on any atom is -0.490 e. The predicted octanol–water partition coefficient (Wildman–Crippen LogP) is 4.46. The number of nitrogens with zero attached hydrogens (tertiary/aromatic N) is 1. The van der Waals surface area contributed by atoms with Crippen LogP contribution in [0.25, 0.3) is 0 Å². The van der Waals surface area contributed by atoms with Gasteiger partial charge in [0, 0.05) is 25.2 Å². The molecule has 0 aliphatic rings. The number of halogens is 1. The van der Waals surface area contributed by atoms with Gasteiger partial charge in [-0.1, -0.05) is 33.6 Å². The predicted molar refractivity (Wildman–Crippen MR) is 88.6 cm³/mol. The van der Waals surface area contributed by atoms with Gasteiger partial charge in [0.2, 0.25) is 0 Å². The molecule has 1 aromatic rings. The van der Waals surface area contributed by atoms with E-state index in [-0.39, 0.29) is 5.82 Å². The van der Waals surface area contributed by atoms with Crippen LogP contribution in [-0.2, 0) is 0 Å². The summed E-state index contributed by atoms with van der Waals surface area (Å²) >= 11 is 0. The Morgan fingerprint density at radius 2 is 1.86 bits per heavy atom. The highest BCUT2D eigenvalue weighted by Crippen LogP contribution is 2.32. The van der Waals surface area contributed by atoms with E-state index < -0.39 is 0 Å². The average molecular weight is 296 g/mol. The van der Waals surface area contributed by atoms with Crippen LogP contribution in [0.4, 0.5) is 15.8 Å². The summed E-state index contributed by atoms with van der Waals surface area (Å²) in [4.78, 5) is 2.21. The summed E-state index contributed by atoms with van der Waals surface area (Å²) in [5, 5.41) is 0. The second-order valence-corrected chi connectivity index (χ2v) is 5.41. The molecule has 0 bridgehead atoms. The molecule has 0 spiro atoms. The normalized spacial score (nSPS) is 11.0. The monoisotopic (exact) mass is 296 g/mol. The van der Waals surface area contributed by atoms with Crippen molar-refractivity contribution in [3.05, 3.63) is 17.9 Å². The van der Waals surface area contributed by atoms with Crippen LogP contribution in [0.3, 0.4) is 0 Å². The van der Waals surface area contributed by atoms with Gasteiger partial charge in [-0.15, -0.1) is 0 Å². The second-order valence-electron chi connectivity index (χ2n) is 5.41. The maximum atomic E-state index is 13.9. The van der Waals surface area contributed by atoms with Gasteiger partial charge in [-0.2, -0.15) is 0 Å². The lowest BCUT2D eigenvalue weighted by molar-refractivity contribution is 0.301. The molecule has 120 valence electrons. The number of anilines is 2. The fraction of sp³-hybridized carbons (Fsp3) is 0.647. The van der Waals surface area contributed by atoms with Crippen LogP contribution in [0.5, 0.6) is 5.75 Å². The first-order valence-corrected chi connectivity index (χ1v) is 8.03. The minimum atomic E-state index is -0.386. The van der Waals surface area contributed by atoms with Gasteiger partial charge in [0.1, 0.15) is 0 Å². The first kappa shape index (κ1) is 17.6. The van der Waals surface area contributed by atoms with Crippen molar-refractivity contribution in [2.45, 2.75) is 47.0 Å². The van der Waals surface area contributed by atoms with Crippen LogP contribution in [-0.4, -0.2) is 19.7 Å². The quantitative estimate of drug-likeness (QED) is 0.684. The van der Waals surface area contributed by atoms with Gasteiger partial charge in [-0.3, -0.25) is 0 Å². The van der Waals surface area contributed by atoms with Crippen molar-refractivity contribution < 1.29 is 9.13 Å². The highest BCUT2D eigenvalue weighted by molar-refractivity contribution is 5.70. The highest BCUT2D eigenvalue weighted by atomic mass is 19.1. The van der Waals surface area contributed by atoms with E-state index >= 15 is 0 Å². The molecule has 3 nitrogen and oxygen atoms in total. The molecule has 0 aliphatic carbocycles. The van der Waals surface area contributed by atoms with E-state index in [4.69, 9.17) is 10.5 Å². The van der Waals surface area contributed by atoms with Crippen molar-refractivity contribution in [3.8, 4) is 5.75 Å². The van der Waals surface area contributed by atoms with Crippen molar-refractivity contribution in [1.29, 1.82) is 0 Å². The molecular formula is C17H29FN2O. The molecule has 0 aromatic heterocycles. The Balaban J connectivity index is 3.01. The molecule has 0 saturated heterocycles. The maximum Gasteiger partial charge on any atom is 0.167 e. The molecule has 4 heteroatoms. The number of nitrogen functional groups attached to an aromatic ring is 1. The zero-order chi connectivity index (χ0) is 15.8. The molecule has 0 fully saturated rings. The van der Waals surface area contributed by atoms with Gasteiger partial charge in [0.25, 0.3) is 0 Å². The second kappa shape index (κ2) is 8.75. The van der Waals surface area contributed by atoms with Crippen molar-refractivity contribution in [2.24, 2.45) is 5.92 Å². The van der Waals surface area contributed by atoms with E-state index in [1.165, 1.54) is 6.07 Å². The molecule has 0 heterocycles. The van der Waals surface area contributed by atoms with E-state index in [0.717, 1.165) is 38.0 Å². The number of ether oxygens (including phenoxy) is 1. The molecule has 21 heavy (non-hydrogen) atoms. The van der Waals surface area contributed by atoms with E-state index in [2.05, 4.69) is 25.7 Å². The number of hydrogen-bond acceptors (Lipinski definition) is 3. The van der Waals surface area contributed by atoms with E-state index in [1.807, 2.05) is 6.92 Å². The largest absolute Gasteiger partial charge is 0.490 e. The topological polar surface area (TPSA) is 38.5 Å². The summed E-state index contributed by atoms with van der Waals surface area (Å²) in [6.45, 7) is 10.8. The standard InChI is InChI=1S/C17H29FN2O/c1-5-9-21-17-11-16(15(19)10-14(17)18)20(8-4)12-13(6-2)7-3/h10-11,13H,5-9,12,19H2,1-4H3. The van der Waals surface area contributed by atoms with Gasteiger partial charge in [-0.05, 0) is 19.3 Å². The van der Waals surface area contributed by atoms with E-state index in [0.29, 0.717) is 24.0 Å². The van der Waals surface area contributed by atoms with E-state index in [1.54, 1.807) is 6.07 Å². The molecular weight excluding hydrogens is 267 g/mol. The zero-order valence-corrected chi connectivity index (χ0v) is 13.8. The third-order valence-corrected chi connectivity index (χ3v) is 3.90. The van der Waals surface area contributed by atoms with Crippen LogP contribution >= 0.6 is 0 Å². The molecule has 0 radical (unpaired) electrons. The summed E-state index contributed by atoms with van der Waals surface area (Å²) in [5.41, 5.74) is 7.37. The molecule has 1 rings (SSSR count). The molecule has 1 aromatic carbocycles. The Bertz CT molecular complexity index is 433. The van der Waals surface area contributed by atoms with Crippen LogP contribution in [0.15, 0.2) is 12.1 Å². The Morgan fingerprint density at radius 3 is 2.38 bits per heavy atom. The molecule has 0 atom stereocenters. The van der Waals surface area contributed by atoms with E-state index in [9.17, 15) is 4.39 Å². The fourth-order valence-electron chi connectivity index (χ4n) is 2.41. The van der Waals surface area contributed by atoms with Gasteiger partial charge in [-0.25, -0.2) is 4.39 Å². The van der Waals surface area contributed by atoms with Crippen molar-refractivity contribution in [2.75, 3.05) is 30.3 Å². The molecule has 0 aliphatic heterocycles. The summed E-state index contributed by atoms with van der Waals surface area (Å²) in [6, 6.07) is 3.11. The summed E-state index contributed by atoms with van der Waals surface area (Å²) < 4.78 is 19.4. The lowest BCUT2D eigenvalue weighted by Crippen LogP contribution is -2.29. The van der Waals surface area contributed by atoms with Gasteiger partial charge >= 0.3 is 0 Å². The van der Waals surface area contributed by atoms with Crippen LogP contribution < -0.4 is 15.4 Å². The fourth-order valence-corrected chi connectivity index (χ4v) is 2.41. The van der Waals surface area contributed by atoms with Gasteiger partial charge in [0.05, 0.1) is 18.0 Å². The van der Waals surface area contributed by atoms with Gasteiger partial charge in [0.15, 0.2) is 11.6 Å². The van der Waals surface area contributed by atoms with Crippen LogP contribution in [0.2, 0.25) is 0 Å². The highest BCUT2D eigenvalue weighted by Gasteiger charge is 2.16. The summed E-state index contributed by atoms with van der Waals surface area (Å²) in [6.07, 6.45) is 3.12. The van der Waals surface area contributed by atoms with Crippen molar-refractivity contribution in [3.63, 3.8) is 0 Å².